The van der Waals surface area contributed by atoms with Gasteiger partial charge in [0, 0.05) is 12.0 Å². The van der Waals surface area contributed by atoms with Crippen LogP contribution in [0.2, 0.25) is 0 Å². The first-order valence-electron chi connectivity index (χ1n) is 8.38. The maximum Gasteiger partial charge on any atom is 0.329 e. The van der Waals surface area contributed by atoms with Crippen molar-refractivity contribution in [2.24, 2.45) is 5.92 Å². The van der Waals surface area contributed by atoms with Crippen molar-refractivity contribution in [1.82, 2.24) is 10.6 Å². The van der Waals surface area contributed by atoms with Gasteiger partial charge >= 0.3 is 5.97 Å². The molecule has 1 unspecified atom stereocenters. The van der Waals surface area contributed by atoms with Gasteiger partial charge in [-0.2, -0.15) is 0 Å². The number of hydrogen-bond acceptors (Lipinski definition) is 4. The molecule has 1 aliphatic carbocycles. The summed E-state index contributed by atoms with van der Waals surface area (Å²) in [5.41, 5.74) is 0.0568. The standard InChI is InChI=1S/C18H20N2O5/c21-14-10-13(15(22)19-14)9-11-3-5-12(6-4-11)16(23)20-18(17(24)25)7-1-2-8-18/h3-6,13H,1-2,7-10H2,(H,20,23)(H,24,25)(H,19,21,22). The highest BCUT2D eigenvalue weighted by Gasteiger charge is 2.42. The Morgan fingerprint density at radius 1 is 1.16 bits per heavy atom. The van der Waals surface area contributed by atoms with E-state index < -0.39 is 17.4 Å². The largest absolute Gasteiger partial charge is 0.480 e. The first-order chi connectivity index (χ1) is 11.9. The highest BCUT2D eigenvalue weighted by Crippen LogP contribution is 2.30. The maximum absolute atomic E-state index is 12.4. The van der Waals surface area contributed by atoms with E-state index >= 15 is 0 Å². The zero-order valence-corrected chi connectivity index (χ0v) is 13.7. The molecular weight excluding hydrogens is 324 g/mol. The van der Waals surface area contributed by atoms with Gasteiger partial charge in [0.15, 0.2) is 0 Å². The van der Waals surface area contributed by atoms with Crippen LogP contribution in [-0.2, 0) is 20.8 Å². The molecule has 2 fully saturated rings. The number of carbonyl (C=O) groups excluding carboxylic acids is 3. The minimum absolute atomic E-state index is 0.183. The SMILES string of the molecule is O=C1CC(Cc2ccc(C(=O)NC3(C(=O)O)CCCC3)cc2)C(=O)N1. The smallest absolute Gasteiger partial charge is 0.329 e. The minimum Gasteiger partial charge on any atom is -0.480 e. The second-order valence-corrected chi connectivity index (χ2v) is 6.76. The third-order valence-corrected chi connectivity index (χ3v) is 4.98. The van der Waals surface area contributed by atoms with Gasteiger partial charge in [0.2, 0.25) is 11.8 Å². The fourth-order valence-electron chi connectivity index (χ4n) is 3.51. The number of aliphatic carboxylic acids is 1. The minimum atomic E-state index is -1.17. The van der Waals surface area contributed by atoms with Gasteiger partial charge in [0.05, 0.1) is 5.92 Å². The number of hydrogen-bond donors (Lipinski definition) is 3. The third-order valence-electron chi connectivity index (χ3n) is 4.98. The third kappa shape index (κ3) is 3.55. The summed E-state index contributed by atoms with van der Waals surface area (Å²) in [4.78, 5) is 46.7. The van der Waals surface area contributed by atoms with E-state index in [4.69, 9.17) is 0 Å². The van der Waals surface area contributed by atoms with Crippen LogP contribution in [0.25, 0.3) is 0 Å². The van der Waals surface area contributed by atoms with E-state index in [1.807, 2.05) is 0 Å². The van der Waals surface area contributed by atoms with Crippen LogP contribution in [0.5, 0.6) is 0 Å². The van der Waals surface area contributed by atoms with Crippen molar-refractivity contribution in [3.8, 4) is 0 Å². The number of carbonyl (C=O) groups is 4. The molecule has 1 saturated heterocycles. The van der Waals surface area contributed by atoms with Crippen molar-refractivity contribution in [2.45, 2.75) is 44.1 Å². The number of amides is 3. The highest BCUT2D eigenvalue weighted by molar-refractivity contribution is 6.03. The average molecular weight is 344 g/mol. The average Bonchev–Trinajstić information content (AvgIpc) is 3.16. The first-order valence-corrected chi connectivity index (χ1v) is 8.38. The van der Waals surface area contributed by atoms with Gasteiger partial charge in [-0.25, -0.2) is 4.79 Å². The van der Waals surface area contributed by atoms with Crippen LogP contribution in [-0.4, -0.2) is 34.3 Å². The lowest BCUT2D eigenvalue weighted by Crippen LogP contribution is -2.52. The van der Waals surface area contributed by atoms with Crippen molar-refractivity contribution in [3.05, 3.63) is 35.4 Å². The van der Waals surface area contributed by atoms with Crippen LogP contribution in [0, 0.1) is 5.92 Å². The molecule has 0 aromatic heterocycles. The molecule has 1 aliphatic heterocycles. The van der Waals surface area contributed by atoms with Gasteiger partial charge in [0.1, 0.15) is 5.54 Å². The lowest BCUT2D eigenvalue weighted by molar-refractivity contribution is -0.144. The fraction of sp³-hybridized carbons (Fsp3) is 0.444. The summed E-state index contributed by atoms with van der Waals surface area (Å²) in [7, 11) is 0. The fourth-order valence-corrected chi connectivity index (χ4v) is 3.51. The van der Waals surface area contributed by atoms with Gasteiger partial charge < -0.3 is 10.4 Å². The van der Waals surface area contributed by atoms with Crippen molar-refractivity contribution in [3.63, 3.8) is 0 Å². The van der Waals surface area contributed by atoms with E-state index in [0.29, 0.717) is 24.8 Å². The molecule has 1 aromatic carbocycles. The molecule has 1 heterocycles. The zero-order chi connectivity index (χ0) is 18.0. The molecule has 0 bridgehead atoms. The van der Waals surface area contributed by atoms with Gasteiger partial charge in [-0.1, -0.05) is 25.0 Å². The van der Waals surface area contributed by atoms with E-state index in [0.717, 1.165) is 18.4 Å². The Bertz CT molecular complexity index is 719. The second kappa shape index (κ2) is 6.66. The molecule has 2 aliphatic rings. The lowest BCUT2D eigenvalue weighted by Gasteiger charge is -2.25. The lowest BCUT2D eigenvalue weighted by atomic mass is 9.95. The van der Waals surface area contributed by atoms with Gasteiger partial charge in [-0.05, 0) is 37.0 Å². The van der Waals surface area contributed by atoms with E-state index in [9.17, 15) is 24.3 Å². The van der Waals surface area contributed by atoms with Crippen molar-refractivity contribution >= 4 is 23.7 Å². The highest BCUT2D eigenvalue weighted by atomic mass is 16.4. The van der Waals surface area contributed by atoms with E-state index in [-0.39, 0.29) is 24.2 Å². The van der Waals surface area contributed by atoms with Crippen molar-refractivity contribution < 1.29 is 24.3 Å². The molecule has 25 heavy (non-hydrogen) atoms. The van der Waals surface area contributed by atoms with Gasteiger partial charge in [-0.15, -0.1) is 0 Å². The summed E-state index contributed by atoms with van der Waals surface area (Å²) < 4.78 is 0. The number of benzene rings is 1. The predicted octanol–water partition coefficient (Wildman–Crippen LogP) is 1.02. The van der Waals surface area contributed by atoms with Crippen LogP contribution in [0.1, 0.15) is 48.0 Å². The monoisotopic (exact) mass is 344 g/mol. The number of rotatable bonds is 5. The zero-order valence-electron chi connectivity index (χ0n) is 13.7. The topological polar surface area (TPSA) is 113 Å². The molecule has 3 amide bonds. The summed E-state index contributed by atoms with van der Waals surface area (Å²) in [6.07, 6.45) is 3.07. The maximum atomic E-state index is 12.4. The number of carboxylic acid groups (broad SMARTS) is 1. The Balaban J connectivity index is 1.65. The normalized spacial score (nSPS) is 21.8. The number of carboxylic acids is 1. The molecule has 3 rings (SSSR count). The molecule has 1 atom stereocenters. The van der Waals surface area contributed by atoms with E-state index in [1.165, 1.54) is 0 Å². The van der Waals surface area contributed by atoms with Gasteiger partial charge in [0.25, 0.3) is 5.91 Å². The molecular formula is C18H20N2O5. The van der Waals surface area contributed by atoms with Crippen molar-refractivity contribution in [2.75, 3.05) is 0 Å². The van der Waals surface area contributed by atoms with Crippen LogP contribution >= 0.6 is 0 Å². The number of imide groups is 1. The molecule has 7 nitrogen and oxygen atoms in total. The summed E-state index contributed by atoms with van der Waals surface area (Å²) >= 11 is 0. The first kappa shape index (κ1) is 17.1. The second-order valence-electron chi connectivity index (χ2n) is 6.76. The summed E-state index contributed by atoms with van der Waals surface area (Å²) in [5.74, 6) is -2.31. The summed E-state index contributed by atoms with van der Waals surface area (Å²) in [6.45, 7) is 0. The van der Waals surface area contributed by atoms with Crippen molar-refractivity contribution in [1.29, 1.82) is 0 Å². The molecule has 1 saturated carbocycles. The van der Waals surface area contributed by atoms with Crippen LogP contribution in [0.3, 0.4) is 0 Å². The van der Waals surface area contributed by atoms with Crippen LogP contribution in [0.15, 0.2) is 24.3 Å². The van der Waals surface area contributed by atoms with Crippen LogP contribution in [0.4, 0.5) is 0 Å². The summed E-state index contributed by atoms with van der Waals surface area (Å²) in [5, 5.41) is 14.4. The quantitative estimate of drug-likeness (QED) is 0.690. The molecule has 7 heteroatoms. The Morgan fingerprint density at radius 3 is 2.32 bits per heavy atom. The Kier molecular flexibility index (Phi) is 4.57. The Morgan fingerprint density at radius 2 is 1.80 bits per heavy atom. The molecule has 132 valence electrons. The Hall–Kier alpha value is -2.70. The molecule has 0 radical (unpaired) electrons. The number of nitrogens with one attached hydrogen (secondary N) is 2. The molecule has 0 spiro atoms. The van der Waals surface area contributed by atoms with E-state index in [2.05, 4.69) is 10.6 Å². The predicted molar refractivity (Wildman–Crippen MR) is 87.7 cm³/mol. The molecule has 3 N–H and O–H groups in total. The van der Waals surface area contributed by atoms with Gasteiger partial charge in [-0.3, -0.25) is 19.7 Å². The Labute approximate surface area is 144 Å². The van der Waals surface area contributed by atoms with E-state index in [1.54, 1.807) is 24.3 Å². The summed E-state index contributed by atoms with van der Waals surface area (Å²) in [6, 6.07) is 6.69. The molecule has 1 aromatic rings. The van der Waals surface area contributed by atoms with Crippen LogP contribution < -0.4 is 10.6 Å².